The Morgan fingerprint density at radius 3 is 2.13 bits per heavy atom. The summed E-state index contributed by atoms with van der Waals surface area (Å²) in [6, 6.07) is 13.4. The molecular weight excluding hydrogens is 490 g/mol. The van der Waals surface area contributed by atoms with Crippen LogP contribution in [-0.4, -0.2) is 4.57 Å². The lowest BCUT2D eigenvalue weighted by Crippen LogP contribution is -2.33. The fraction of sp³-hybridized carbons (Fsp3) is 0.375. The molecule has 192 valence electrons. The first-order valence-electron chi connectivity index (χ1n) is 13.7. The van der Waals surface area contributed by atoms with Gasteiger partial charge in [-0.05, 0) is 30.0 Å². The lowest BCUT2D eigenvalue weighted by Gasteiger charge is -2.16. The number of fused-ring (bicyclic) bond motifs is 2. The van der Waals surface area contributed by atoms with Crippen molar-refractivity contribution in [2.45, 2.75) is 77.7 Å². The van der Waals surface area contributed by atoms with Gasteiger partial charge in [-0.1, -0.05) is 82.9 Å². The molecule has 0 fully saturated rings. The Balaban J connectivity index is 1.53. The summed E-state index contributed by atoms with van der Waals surface area (Å²) in [7, 11) is 0. The van der Waals surface area contributed by atoms with Gasteiger partial charge in [0.2, 0.25) is 5.69 Å². The second-order valence-electron chi connectivity index (χ2n) is 10.1. The Morgan fingerprint density at radius 2 is 1.47 bits per heavy atom. The van der Waals surface area contributed by atoms with Gasteiger partial charge in [-0.25, -0.2) is 4.85 Å². The molecule has 2 aromatic heterocycles. The maximum absolute atomic E-state index is 13.6. The summed E-state index contributed by atoms with van der Waals surface area (Å²) in [5.41, 5.74) is 0.105. The van der Waals surface area contributed by atoms with Crippen LogP contribution < -0.4 is 11.1 Å². The zero-order valence-corrected chi connectivity index (χ0v) is 22.6. The van der Waals surface area contributed by atoms with Crippen molar-refractivity contribution in [1.29, 1.82) is 5.26 Å². The number of nitriles is 1. The first-order chi connectivity index (χ1) is 18.6. The number of hydrogen-bond acceptors (Lipinski definition) is 4. The topological polar surface area (TPSA) is 67.2 Å². The van der Waals surface area contributed by atoms with Crippen molar-refractivity contribution in [2.75, 3.05) is 0 Å². The Morgan fingerprint density at radius 1 is 0.842 bits per heavy atom. The van der Waals surface area contributed by atoms with Crippen molar-refractivity contribution in [1.82, 2.24) is 4.57 Å². The molecule has 0 saturated heterocycles. The molecule has 0 radical (unpaired) electrons. The molecule has 0 amide bonds. The van der Waals surface area contributed by atoms with Gasteiger partial charge in [-0.2, -0.15) is 5.26 Å². The molecule has 5 aromatic rings. The van der Waals surface area contributed by atoms with Crippen LogP contribution in [0.1, 0.15) is 76.7 Å². The van der Waals surface area contributed by atoms with Crippen LogP contribution in [0.15, 0.2) is 46.0 Å². The van der Waals surface area contributed by atoms with Gasteiger partial charge in [0.15, 0.2) is 0 Å². The molecule has 38 heavy (non-hydrogen) atoms. The highest BCUT2D eigenvalue weighted by Crippen LogP contribution is 2.45. The van der Waals surface area contributed by atoms with E-state index in [1.165, 1.54) is 60.8 Å². The molecule has 5 rings (SSSR count). The number of hydrogen-bond donors (Lipinski definition) is 0. The quantitative estimate of drug-likeness (QED) is 0.0756. The van der Waals surface area contributed by atoms with Crippen molar-refractivity contribution in [3.05, 3.63) is 74.1 Å². The molecule has 0 aliphatic carbocycles. The molecule has 0 aliphatic heterocycles. The van der Waals surface area contributed by atoms with Crippen molar-refractivity contribution in [2.24, 2.45) is 0 Å². The Bertz CT molecular complexity index is 1800. The minimum Gasteiger partial charge on any atom is -0.274 e. The third kappa shape index (κ3) is 4.55. The van der Waals surface area contributed by atoms with E-state index in [2.05, 4.69) is 17.8 Å². The van der Waals surface area contributed by atoms with Crippen molar-refractivity contribution in [3.63, 3.8) is 0 Å². The zero-order valence-electron chi connectivity index (χ0n) is 21.8. The fourth-order valence-electron chi connectivity index (χ4n) is 5.70. The van der Waals surface area contributed by atoms with Crippen LogP contribution in [-0.2, 0) is 6.54 Å². The first-order valence-corrected chi connectivity index (χ1v) is 14.5. The summed E-state index contributed by atoms with van der Waals surface area (Å²) in [5.74, 6) is 0. The normalized spacial score (nSPS) is 11.6. The number of nitrogens with zero attached hydrogens (tertiary/aromatic N) is 3. The Kier molecular flexibility index (Phi) is 7.72. The standard InChI is InChI=1S/C32H31N3O2S/c1-3-4-5-6-7-8-9-10-11-14-17-35-31(36)23-18-21(20-33)27-22-15-12-13-16-26(22)38-30-25(34-2)19-24(32(35)37)28(23)29(27)30/h12-13,15-16,18-19H,3-11,14,17H2,1H3. The van der Waals surface area contributed by atoms with Gasteiger partial charge in [0.05, 0.1) is 18.2 Å². The largest absolute Gasteiger partial charge is 0.274 e. The highest BCUT2D eigenvalue weighted by atomic mass is 32.1. The summed E-state index contributed by atoms with van der Waals surface area (Å²) in [6.07, 6.45) is 11.7. The van der Waals surface area contributed by atoms with E-state index in [0.29, 0.717) is 44.7 Å². The maximum atomic E-state index is 13.6. The molecule has 5 nitrogen and oxygen atoms in total. The molecule has 0 bridgehead atoms. The zero-order chi connectivity index (χ0) is 26.6. The van der Waals surface area contributed by atoms with Crippen molar-refractivity contribution >= 4 is 58.7 Å². The average Bonchev–Trinajstić information content (AvgIpc) is 2.94. The van der Waals surface area contributed by atoms with Gasteiger partial charge < -0.3 is 0 Å². The monoisotopic (exact) mass is 521 g/mol. The molecule has 0 saturated carbocycles. The van der Waals surface area contributed by atoms with E-state index in [1.54, 1.807) is 12.1 Å². The van der Waals surface area contributed by atoms with Crippen LogP contribution in [0.3, 0.4) is 0 Å². The van der Waals surface area contributed by atoms with E-state index in [-0.39, 0.29) is 11.1 Å². The maximum Gasteiger partial charge on any atom is 0.261 e. The summed E-state index contributed by atoms with van der Waals surface area (Å²) in [5, 5.41) is 13.7. The number of unbranched alkanes of at least 4 members (excludes halogenated alkanes) is 9. The first kappa shape index (κ1) is 25.9. The molecular formula is C32H31N3O2S. The number of benzene rings is 3. The van der Waals surface area contributed by atoms with Crippen LogP contribution in [0, 0.1) is 17.9 Å². The number of pyridine rings is 1. The minimum atomic E-state index is -0.341. The highest BCUT2D eigenvalue weighted by Gasteiger charge is 2.22. The smallest absolute Gasteiger partial charge is 0.261 e. The molecule has 0 spiro atoms. The molecule has 3 aromatic carbocycles. The van der Waals surface area contributed by atoms with E-state index in [4.69, 9.17) is 6.57 Å². The van der Waals surface area contributed by atoms with Gasteiger partial charge in [0, 0.05) is 42.9 Å². The van der Waals surface area contributed by atoms with E-state index >= 15 is 0 Å². The summed E-state index contributed by atoms with van der Waals surface area (Å²) in [4.78, 5) is 31.0. The number of aromatic nitrogens is 1. The fourth-order valence-corrected chi connectivity index (χ4v) is 6.86. The molecule has 2 heterocycles. The third-order valence-corrected chi connectivity index (χ3v) is 8.83. The van der Waals surface area contributed by atoms with E-state index in [9.17, 15) is 14.9 Å². The van der Waals surface area contributed by atoms with Gasteiger partial charge in [-0.3, -0.25) is 14.2 Å². The molecule has 0 N–H and O–H groups in total. The summed E-state index contributed by atoms with van der Waals surface area (Å²) in [6.45, 7) is 10.4. The minimum absolute atomic E-state index is 0.339. The van der Waals surface area contributed by atoms with Gasteiger partial charge >= 0.3 is 0 Å². The van der Waals surface area contributed by atoms with Crippen LogP contribution in [0.2, 0.25) is 0 Å². The third-order valence-electron chi connectivity index (χ3n) is 7.63. The second kappa shape index (κ2) is 11.3. The van der Waals surface area contributed by atoms with Crippen molar-refractivity contribution in [3.8, 4) is 6.07 Å². The van der Waals surface area contributed by atoms with E-state index < -0.39 is 0 Å². The van der Waals surface area contributed by atoms with E-state index in [1.807, 2.05) is 24.3 Å². The SMILES string of the molecule is [C-]#[N+]c1cc2c(=O)n(CCCCCCCCCCCC)c(=O)c3cc(C#N)c4c5ccccc5sc1c4c23. The molecule has 6 heteroatoms. The average molecular weight is 522 g/mol. The van der Waals surface area contributed by atoms with Crippen molar-refractivity contribution < 1.29 is 0 Å². The van der Waals surface area contributed by atoms with E-state index in [0.717, 1.165) is 34.0 Å². The van der Waals surface area contributed by atoms with Crippen LogP contribution >= 0.6 is 11.3 Å². The predicted octanol–water partition coefficient (Wildman–Crippen LogP) is 8.66. The molecule has 0 atom stereocenters. The Labute approximate surface area is 226 Å². The van der Waals surface area contributed by atoms with Crippen LogP contribution in [0.5, 0.6) is 0 Å². The molecule has 0 unspecified atom stereocenters. The van der Waals surface area contributed by atoms with Gasteiger partial charge in [-0.15, -0.1) is 11.3 Å². The second-order valence-corrected chi connectivity index (χ2v) is 11.2. The molecule has 0 aliphatic rings. The number of rotatable bonds is 11. The van der Waals surface area contributed by atoms with Crippen LogP contribution in [0.4, 0.5) is 5.69 Å². The van der Waals surface area contributed by atoms with Crippen LogP contribution in [0.25, 0.3) is 46.6 Å². The summed E-state index contributed by atoms with van der Waals surface area (Å²) < 4.78 is 3.00. The summed E-state index contributed by atoms with van der Waals surface area (Å²) >= 11 is 1.47. The predicted molar refractivity (Wildman–Crippen MR) is 159 cm³/mol. The highest BCUT2D eigenvalue weighted by molar-refractivity contribution is 7.25. The van der Waals surface area contributed by atoms with Gasteiger partial charge in [0.25, 0.3) is 11.1 Å². The Hall–Kier alpha value is -3.74. The lowest BCUT2D eigenvalue weighted by molar-refractivity contribution is 0.527. The van der Waals surface area contributed by atoms with Gasteiger partial charge in [0.1, 0.15) is 0 Å². The lowest BCUT2D eigenvalue weighted by atomic mass is 9.93.